The standard InChI is InChI=1S/C23H31N3O3S/c1-18-9-11-22(12-10-18)25-30(28,29)17-23(27)26(15-20-7-5-13-24-14-20)16-21-8-4-3-6-19(21)2/h3-8,13-14,18,22,25H,9-12,15-17H2,1-2H3. The summed E-state index contributed by atoms with van der Waals surface area (Å²) in [6, 6.07) is 11.5. The summed E-state index contributed by atoms with van der Waals surface area (Å²) in [5.41, 5.74) is 2.94. The average Bonchev–Trinajstić information content (AvgIpc) is 2.71. The number of pyridine rings is 1. The molecule has 1 amide bonds. The molecule has 0 saturated heterocycles. The molecule has 1 aliphatic carbocycles. The highest BCUT2D eigenvalue weighted by Crippen LogP contribution is 2.24. The summed E-state index contributed by atoms with van der Waals surface area (Å²) in [5, 5.41) is 0. The Kier molecular flexibility index (Phi) is 7.61. The molecule has 3 rings (SSSR count). The van der Waals surface area contributed by atoms with Crippen LogP contribution in [0.15, 0.2) is 48.8 Å². The molecule has 0 radical (unpaired) electrons. The van der Waals surface area contributed by atoms with Crippen LogP contribution in [0.3, 0.4) is 0 Å². The minimum Gasteiger partial charge on any atom is -0.333 e. The predicted molar refractivity (Wildman–Crippen MR) is 118 cm³/mol. The lowest BCUT2D eigenvalue weighted by atomic mass is 9.88. The maximum absolute atomic E-state index is 13.1. The molecule has 6 nitrogen and oxygen atoms in total. The SMILES string of the molecule is Cc1ccccc1CN(Cc1cccnc1)C(=O)CS(=O)(=O)NC1CCC(C)CC1. The molecule has 1 fully saturated rings. The zero-order chi connectivity index (χ0) is 21.6. The molecule has 1 aromatic heterocycles. The van der Waals surface area contributed by atoms with Gasteiger partial charge in [-0.1, -0.05) is 37.3 Å². The second-order valence-corrected chi connectivity index (χ2v) is 10.1. The number of rotatable bonds is 8. The topological polar surface area (TPSA) is 79.4 Å². The van der Waals surface area contributed by atoms with Crippen molar-refractivity contribution in [1.82, 2.24) is 14.6 Å². The molecule has 1 heterocycles. The van der Waals surface area contributed by atoms with Gasteiger partial charge in [-0.05, 0) is 61.3 Å². The molecule has 30 heavy (non-hydrogen) atoms. The Bertz CT molecular complexity index is 939. The predicted octanol–water partition coefficient (Wildman–Crippen LogP) is 3.42. The first-order valence-corrected chi connectivity index (χ1v) is 12.2. The van der Waals surface area contributed by atoms with E-state index in [0.717, 1.165) is 42.4 Å². The lowest BCUT2D eigenvalue weighted by Crippen LogP contribution is -2.43. The van der Waals surface area contributed by atoms with Crippen LogP contribution in [0, 0.1) is 12.8 Å². The minimum absolute atomic E-state index is 0.0675. The van der Waals surface area contributed by atoms with Crippen molar-refractivity contribution in [2.24, 2.45) is 5.92 Å². The van der Waals surface area contributed by atoms with Gasteiger partial charge in [-0.3, -0.25) is 9.78 Å². The average molecular weight is 430 g/mol. The molecular weight excluding hydrogens is 398 g/mol. The zero-order valence-electron chi connectivity index (χ0n) is 17.8. The Morgan fingerprint density at radius 1 is 1.10 bits per heavy atom. The summed E-state index contributed by atoms with van der Waals surface area (Å²) in [6.45, 7) is 4.86. The Morgan fingerprint density at radius 2 is 1.83 bits per heavy atom. The molecule has 1 aliphatic rings. The first-order chi connectivity index (χ1) is 14.3. The van der Waals surface area contributed by atoms with E-state index in [1.807, 2.05) is 43.3 Å². The normalized spacial score (nSPS) is 19.4. The second kappa shape index (κ2) is 10.2. The lowest BCUT2D eigenvalue weighted by Gasteiger charge is -2.27. The number of amides is 1. The number of nitrogens with one attached hydrogen (secondary N) is 1. The Morgan fingerprint density at radius 3 is 2.50 bits per heavy atom. The molecule has 0 aliphatic heterocycles. The third-order valence-electron chi connectivity index (χ3n) is 5.75. The van der Waals surface area contributed by atoms with Crippen LogP contribution in [0.1, 0.15) is 49.3 Å². The number of sulfonamides is 1. The van der Waals surface area contributed by atoms with Gasteiger partial charge in [-0.25, -0.2) is 13.1 Å². The van der Waals surface area contributed by atoms with Gasteiger partial charge in [-0.15, -0.1) is 0 Å². The van der Waals surface area contributed by atoms with E-state index in [9.17, 15) is 13.2 Å². The quantitative estimate of drug-likeness (QED) is 0.697. The maximum atomic E-state index is 13.1. The van der Waals surface area contributed by atoms with Crippen LogP contribution >= 0.6 is 0 Å². The van der Waals surface area contributed by atoms with E-state index < -0.39 is 21.7 Å². The highest BCUT2D eigenvalue weighted by atomic mass is 32.2. The second-order valence-electron chi connectivity index (χ2n) is 8.37. The number of carbonyl (C=O) groups is 1. The van der Waals surface area contributed by atoms with Gasteiger partial charge >= 0.3 is 0 Å². The van der Waals surface area contributed by atoms with Gasteiger partial charge in [0.25, 0.3) is 0 Å². The van der Waals surface area contributed by atoms with E-state index in [1.54, 1.807) is 17.3 Å². The fraction of sp³-hybridized carbons (Fsp3) is 0.478. The summed E-state index contributed by atoms with van der Waals surface area (Å²) in [4.78, 5) is 18.8. The molecule has 0 atom stereocenters. The van der Waals surface area contributed by atoms with Crippen molar-refractivity contribution in [1.29, 1.82) is 0 Å². The fourth-order valence-electron chi connectivity index (χ4n) is 3.86. The minimum atomic E-state index is -3.69. The smallest absolute Gasteiger partial charge is 0.239 e. The van der Waals surface area contributed by atoms with Gasteiger partial charge < -0.3 is 4.90 Å². The molecule has 1 saturated carbocycles. The number of hydrogen-bond acceptors (Lipinski definition) is 4. The van der Waals surface area contributed by atoms with E-state index in [1.165, 1.54) is 0 Å². The van der Waals surface area contributed by atoms with E-state index in [0.29, 0.717) is 19.0 Å². The van der Waals surface area contributed by atoms with Crippen molar-refractivity contribution in [2.45, 2.75) is 58.7 Å². The van der Waals surface area contributed by atoms with Crippen molar-refractivity contribution in [3.63, 3.8) is 0 Å². The Balaban J connectivity index is 1.71. The fourth-order valence-corrected chi connectivity index (χ4v) is 5.20. The highest BCUT2D eigenvalue weighted by molar-refractivity contribution is 7.90. The number of carbonyl (C=O) groups excluding carboxylic acids is 1. The number of aryl methyl sites for hydroxylation is 1. The van der Waals surface area contributed by atoms with Gasteiger partial charge in [0.2, 0.25) is 15.9 Å². The van der Waals surface area contributed by atoms with Crippen molar-refractivity contribution in [3.05, 3.63) is 65.5 Å². The third-order valence-corrected chi connectivity index (χ3v) is 7.07. The molecule has 7 heteroatoms. The molecule has 1 N–H and O–H groups in total. The van der Waals surface area contributed by atoms with Crippen molar-refractivity contribution >= 4 is 15.9 Å². The van der Waals surface area contributed by atoms with Gasteiger partial charge in [0.1, 0.15) is 5.75 Å². The number of benzene rings is 1. The van der Waals surface area contributed by atoms with E-state index >= 15 is 0 Å². The summed E-state index contributed by atoms with van der Waals surface area (Å²) < 4.78 is 28.1. The van der Waals surface area contributed by atoms with Crippen LogP contribution in [0.25, 0.3) is 0 Å². The number of hydrogen-bond donors (Lipinski definition) is 1. The van der Waals surface area contributed by atoms with E-state index in [4.69, 9.17) is 0 Å². The monoisotopic (exact) mass is 429 g/mol. The first kappa shape index (κ1) is 22.4. The molecule has 2 aromatic rings. The summed E-state index contributed by atoms with van der Waals surface area (Å²) in [5.74, 6) is -0.305. The summed E-state index contributed by atoms with van der Waals surface area (Å²) in [7, 11) is -3.69. The van der Waals surface area contributed by atoms with E-state index in [-0.39, 0.29) is 6.04 Å². The maximum Gasteiger partial charge on any atom is 0.239 e. The van der Waals surface area contributed by atoms with Gasteiger partial charge in [0.05, 0.1) is 0 Å². The van der Waals surface area contributed by atoms with Crippen LogP contribution in [-0.4, -0.2) is 36.0 Å². The summed E-state index contributed by atoms with van der Waals surface area (Å²) in [6.07, 6.45) is 7.07. The number of aromatic nitrogens is 1. The Labute approximate surface area is 179 Å². The highest BCUT2D eigenvalue weighted by Gasteiger charge is 2.27. The van der Waals surface area contributed by atoms with Gasteiger partial charge in [0, 0.05) is 31.5 Å². The van der Waals surface area contributed by atoms with Crippen LogP contribution < -0.4 is 4.72 Å². The van der Waals surface area contributed by atoms with E-state index in [2.05, 4.69) is 16.6 Å². The van der Waals surface area contributed by atoms with Crippen LogP contribution in [0.2, 0.25) is 0 Å². The van der Waals surface area contributed by atoms with Crippen molar-refractivity contribution in [2.75, 3.05) is 5.75 Å². The van der Waals surface area contributed by atoms with Crippen LogP contribution in [0.4, 0.5) is 0 Å². The van der Waals surface area contributed by atoms with Crippen molar-refractivity contribution in [3.8, 4) is 0 Å². The first-order valence-electron chi connectivity index (χ1n) is 10.5. The molecule has 0 unspecified atom stereocenters. The molecule has 0 spiro atoms. The van der Waals surface area contributed by atoms with Gasteiger partial charge in [0.15, 0.2) is 0 Å². The Hall–Kier alpha value is -2.25. The molecular formula is C23H31N3O3S. The molecule has 162 valence electrons. The summed E-state index contributed by atoms with van der Waals surface area (Å²) >= 11 is 0. The van der Waals surface area contributed by atoms with Crippen LogP contribution in [-0.2, 0) is 27.9 Å². The molecule has 1 aromatic carbocycles. The van der Waals surface area contributed by atoms with Crippen molar-refractivity contribution < 1.29 is 13.2 Å². The molecule has 0 bridgehead atoms. The lowest BCUT2D eigenvalue weighted by molar-refractivity contribution is -0.129. The largest absolute Gasteiger partial charge is 0.333 e. The number of nitrogens with zero attached hydrogens (tertiary/aromatic N) is 2. The van der Waals surface area contributed by atoms with Gasteiger partial charge in [-0.2, -0.15) is 0 Å². The van der Waals surface area contributed by atoms with Crippen LogP contribution in [0.5, 0.6) is 0 Å². The zero-order valence-corrected chi connectivity index (χ0v) is 18.6. The third kappa shape index (κ3) is 6.64.